The zero-order chi connectivity index (χ0) is 18.1. The van der Waals surface area contributed by atoms with Crippen LogP contribution in [0.3, 0.4) is 0 Å². The summed E-state index contributed by atoms with van der Waals surface area (Å²) >= 11 is 0. The molecular formula is C18H29N3O3. The maximum Gasteiger partial charge on any atom is 0.355 e. The number of carbonyl (C=O) groups is 2. The standard InChI is InChI=1S/C18H29N3O3/c1-12-14-13(19-15(12)17(23)24-18(2,3)4)8-7-9-21(16(14)22)11-10-20(5)6/h19H,7-11H2,1-6H3. The number of hydrogen-bond donors (Lipinski definition) is 1. The van der Waals surface area contributed by atoms with Gasteiger partial charge in [0.15, 0.2) is 0 Å². The Bertz CT molecular complexity index is 626. The largest absolute Gasteiger partial charge is 0.455 e. The Morgan fingerprint density at radius 2 is 2.00 bits per heavy atom. The summed E-state index contributed by atoms with van der Waals surface area (Å²) in [7, 11) is 3.99. The van der Waals surface area contributed by atoms with Gasteiger partial charge in [-0.3, -0.25) is 4.79 Å². The number of nitrogens with zero attached hydrogens (tertiary/aromatic N) is 2. The molecule has 0 unspecified atom stereocenters. The van der Waals surface area contributed by atoms with Gasteiger partial charge in [0.05, 0.1) is 5.56 Å². The van der Waals surface area contributed by atoms with Gasteiger partial charge < -0.3 is 19.5 Å². The monoisotopic (exact) mass is 335 g/mol. The first kappa shape index (κ1) is 18.5. The smallest absolute Gasteiger partial charge is 0.355 e. The second kappa shape index (κ2) is 6.97. The van der Waals surface area contributed by atoms with Crippen molar-refractivity contribution in [2.24, 2.45) is 0 Å². The van der Waals surface area contributed by atoms with Crippen LogP contribution in [0.1, 0.15) is 59.3 Å². The molecule has 0 bridgehead atoms. The highest BCUT2D eigenvalue weighted by Crippen LogP contribution is 2.26. The summed E-state index contributed by atoms with van der Waals surface area (Å²) < 4.78 is 5.45. The zero-order valence-electron chi connectivity index (χ0n) is 15.7. The highest BCUT2D eigenvalue weighted by molar-refractivity contribution is 6.01. The van der Waals surface area contributed by atoms with Gasteiger partial charge in [-0.1, -0.05) is 0 Å². The lowest BCUT2D eigenvalue weighted by Gasteiger charge is -2.23. The summed E-state index contributed by atoms with van der Waals surface area (Å²) in [6.07, 6.45) is 1.66. The lowest BCUT2D eigenvalue weighted by atomic mass is 10.1. The number of H-pyrrole nitrogens is 1. The molecule has 1 aliphatic rings. The summed E-state index contributed by atoms with van der Waals surface area (Å²) in [4.78, 5) is 32.4. The first-order valence-corrected chi connectivity index (χ1v) is 8.49. The molecule has 0 aliphatic carbocycles. The lowest BCUT2D eigenvalue weighted by molar-refractivity contribution is 0.00626. The molecule has 1 aromatic rings. The minimum atomic E-state index is -0.562. The van der Waals surface area contributed by atoms with Crippen molar-refractivity contribution in [1.29, 1.82) is 0 Å². The number of aromatic nitrogens is 1. The Morgan fingerprint density at radius 3 is 2.58 bits per heavy atom. The summed E-state index contributed by atoms with van der Waals surface area (Å²) in [5.41, 5.74) is 2.03. The van der Waals surface area contributed by atoms with Crippen molar-refractivity contribution in [1.82, 2.24) is 14.8 Å². The highest BCUT2D eigenvalue weighted by atomic mass is 16.6. The average Bonchev–Trinajstić information content (AvgIpc) is 2.67. The predicted octanol–water partition coefficient (Wildman–Crippen LogP) is 2.23. The van der Waals surface area contributed by atoms with Gasteiger partial charge in [0.1, 0.15) is 11.3 Å². The van der Waals surface area contributed by atoms with E-state index in [0.29, 0.717) is 23.4 Å². The maximum atomic E-state index is 12.9. The van der Waals surface area contributed by atoms with Crippen LogP contribution in [-0.4, -0.2) is 66.0 Å². The summed E-state index contributed by atoms with van der Waals surface area (Å²) in [5, 5.41) is 0. The van der Waals surface area contributed by atoms with Crippen LogP contribution in [-0.2, 0) is 11.2 Å². The van der Waals surface area contributed by atoms with Gasteiger partial charge in [0.2, 0.25) is 0 Å². The molecule has 0 radical (unpaired) electrons. The Balaban J connectivity index is 2.28. The third-order valence-corrected chi connectivity index (χ3v) is 4.10. The van der Waals surface area contributed by atoms with E-state index in [2.05, 4.69) is 9.88 Å². The number of carbonyl (C=O) groups excluding carboxylic acids is 2. The van der Waals surface area contributed by atoms with Crippen molar-refractivity contribution in [3.63, 3.8) is 0 Å². The summed E-state index contributed by atoms with van der Waals surface area (Å²) in [5.74, 6) is -0.395. The lowest BCUT2D eigenvalue weighted by Crippen LogP contribution is -2.36. The third kappa shape index (κ3) is 4.17. The minimum Gasteiger partial charge on any atom is -0.455 e. The average molecular weight is 335 g/mol. The van der Waals surface area contributed by atoms with E-state index in [9.17, 15) is 9.59 Å². The van der Waals surface area contributed by atoms with Gasteiger partial charge in [-0.2, -0.15) is 0 Å². The van der Waals surface area contributed by atoms with Gasteiger partial charge >= 0.3 is 5.97 Å². The van der Waals surface area contributed by atoms with E-state index in [1.54, 1.807) is 0 Å². The third-order valence-electron chi connectivity index (χ3n) is 4.10. The molecule has 0 saturated carbocycles. The van der Waals surface area contributed by atoms with Crippen molar-refractivity contribution in [3.05, 3.63) is 22.5 Å². The van der Waals surface area contributed by atoms with Gasteiger partial charge in [-0.25, -0.2) is 4.79 Å². The molecule has 0 aromatic carbocycles. The molecule has 2 rings (SSSR count). The van der Waals surface area contributed by atoms with E-state index in [1.165, 1.54) is 0 Å². The number of esters is 1. The number of fused-ring (bicyclic) bond motifs is 1. The van der Waals surface area contributed by atoms with E-state index < -0.39 is 11.6 Å². The molecule has 24 heavy (non-hydrogen) atoms. The van der Waals surface area contributed by atoms with Crippen molar-refractivity contribution < 1.29 is 14.3 Å². The first-order valence-electron chi connectivity index (χ1n) is 8.49. The number of amides is 1. The molecule has 0 spiro atoms. The molecular weight excluding hydrogens is 306 g/mol. The maximum absolute atomic E-state index is 12.9. The normalized spacial score (nSPS) is 15.5. The van der Waals surface area contributed by atoms with E-state index in [0.717, 1.165) is 31.6 Å². The second-order valence-electron chi connectivity index (χ2n) is 7.68. The fraction of sp³-hybridized carbons (Fsp3) is 0.667. The number of likely N-dealkylation sites (N-methyl/N-ethyl adjacent to an activating group) is 1. The van der Waals surface area contributed by atoms with Gasteiger partial charge in [0, 0.05) is 25.3 Å². The molecule has 1 aliphatic heterocycles. The van der Waals surface area contributed by atoms with Gasteiger partial charge in [-0.05, 0) is 60.2 Å². The van der Waals surface area contributed by atoms with Gasteiger partial charge in [-0.15, -0.1) is 0 Å². The molecule has 0 saturated heterocycles. The Labute approximate surface area is 144 Å². The topological polar surface area (TPSA) is 65.6 Å². The quantitative estimate of drug-likeness (QED) is 0.857. The fourth-order valence-electron chi connectivity index (χ4n) is 2.91. The van der Waals surface area contributed by atoms with E-state index in [1.807, 2.05) is 46.7 Å². The van der Waals surface area contributed by atoms with Crippen molar-refractivity contribution in [3.8, 4) is 0 Å². The number of aromatic amines is 1. The number of nitrogens with one attached hydrogen (secondary N) is 1. The molecule has 1 aromatic heterocycles. The number of ether oxygens (including phenoxy) is 1. The van der Waals surface area contributed by atoms with Crippen LogP contribution in [0.5, 0.6) is 0 Å². The summed E-state index contributed by atoms with van der Waals surface area (Å²) in [6.45, 7) is 9.59. The van der Waals surface area contributed by atoms with Crippen molar-refractivity contribution >= 4 is 11.9 Å². The van der Waals surface area contributed by atoms with Crippen molar-refractivity contribution in [2.75, 3.05) is 33.7 Å². The van der Waals surface area contributed by atoms with E-state index >= 15 is 0 Å². The van der Waals surface area contributed by atoms with Crippen LogP contribution < -0.4 is 0 Å². The highest BCUT2D eigenvalue weighted by Gasteiger charge is 2.30. The molecule has 6 heteroatoms. The van der Waals surface area contributed by atoms with Gasteiger partial charge in [0.25, 0.3) is 5.91 Å². The Hall–Kier alpha value is -1.82. The van der Waals surface area contributed by atoms with Crippen LogP contribution in [0, 0.1) is 6.92 Å². The molecule has 1 N–H and O–H groups in total. The van der Waals surface area contributed by atoms with Crippen LogP contribution in [0.4, 0.5) is 0 Å². The molecule has 2 heterocycles. The molecule has 0 fully saturated rings. The second-order valence-corrected chi connectivity index (χ2v) is 7.68. The molecule has 134 valence electrons. The van der Waals surface area contributed by atoms with Crippen LogP contribution in [0.25, 0.3) is 0 Å². The Morgan fingerprint density at radius 1 is 1.33 bits per heavy atom. The molecule has 0 atom stereocenters. The minimum absolute atomic E-state index is 0.00732. The SMILES string of the molecule is Cc1c(C(=O)OC(C)(C)C)[nH]c2c1C(=O)N(CCN(C)C)CCC2. The van der Waals surface area contributed by atoms with Crippen LogP contribution in [0.15, 0.2) is 0 Å². The van der Waals surface area contributed by atoms with Crippen LogP contribution >= 0.6 is 0 Å². The molecule has 6 nitrogen and oxygen atoms in total. The van der Waals surface area contributed by atoms with Crippen molar-refractivity contribution in [2.45, 2.75) is 46.1 Å². The first-order chi connectivity index (χ1) is 11.1. The zero-order valence-corrected chi connectivity index (χ0v) is 15.7. The fourth-order valence-corrected chi connectivity index (χ4v) is 2.91. The van der Waals surface area contributed by atoms with Crippen LogP contribution in [0.2, 0.25) is 0 Å². The Kier molecular flexibility index (Phi) is 5.38. The van der Waals surface area contributed by atoms with E-state index in [4.69, 9.17) is 4.74 Å². The summed E-state index contributed by atoms with van der Waals surface area (Å²) in [6, 6.07) is 0. The number of aryl methyl sites for hydroxylation is 1. The van der Waals surface area contributed by atoms with E-state index in [-0.39, 0.29) is 5.91 Å². The predicted molar refractivity (Wildman–Crippen MR) is 93.5 cm³/mol. The number of hydrogen-bond acceptors (Lipinski definition) is 4. The molecule has 1 amide bonds. The number of rotatable bonds is 4.